The van der Waals surface area contributed by atoms with Crippen LogP contribution in [0.5, 0.6) is 0 Å². The maximum atomic E-state index is 11.0. The lowest BCUT2D eigenvalue weighted by atomic mass is 10.6. The van der Waals surface area contributed by atoms with Gasteiger partial charge in [0.15, 0.2) is 0 Å². The van der Waals surface area contributed by atoms with Gasteiger partial charge in [-0.3, -0.25) is 0 Å². The minimum Gasteiger partial charge on any atom is -0.382 e. The van der Waals surface area contributed by atoms with Gasteiger partial charge < -0.3 is 4.74 Å². The highest BCUT2D eigenvalue weighted by molar-refractivity contribution is 9.11. The van der Waals surface area contributed by atoms with Crippen molar-refractivity contribution in [2.45, 2.75) is 20.0 Å². The fraction of sp³-hybridized carbons (Fsp3) is 0.714. The summed E-state index contributed by atoms with van der Waals surface area (Å²) in [6.45, 7) is 8.28. The average Bonchev–Trinajstić information content (AvgIpc) is 1.88. The van der Waals surface area contributed by atoms with Gasteiger partial charge in [-0.05, 0) is 29.8 Å². The van der Waals surface area contributed by atoms with E-state index in [1.807, 2.05) is 13.8 Å². The van der Waals surface area contributed by atoms with Crippen molar-refractivity contribution in [3.8, 4) is 0 Å². The van der Waals surface area contributed by atoms with Crippen LogP contribution in [-0.4, -0.2) is 19.4 Å². The molecule has 0 aromatic carbocycles. The summed E-state index contributed by atoms with van der Waals surface area (Å²) in [5.41, 5.74) is 0. The van der Waals surface area contributed by atoms with E-state index in [2.05, 4.69) is 22.5 Å². The first kappa shape index (κ1) is 14.5. The van der Waals surface area contributed by atoms with Gasteiger partial charge in [-0.2, -0.15) is 13.2 Å². The predicted octanol–water partition coefficient (Wildman–Crippen LogP) is 3.50. The van der Waals surface area contributed by atoms with Crippen LogP contribution in [0.2, 0.25) is 0 Å². The number of hydrogen-bond donors (Lipinski definition) is 0. The molecule has 0 fully saturated rings. The number of halogens is 4. The van der Waals surface area contributed by atoms with Crippen molar-refractivity contribution in [3.63, 3.8) is 0 Å². The van der Waals surface area contributed by atoms with Crippen molar-refractivity contribution in [1.29, 1.82) is 0 Å². The predicted molar refractivity (Wildman–Crippen MR) is 46.3 cm³/mol. The molecule has 0 aromatic heterocycles. The zero-order chi connectivity index (χ0) is 10.2. The first-order chi connectivity index (χ1) is 5.36. The zero-order valence-corrected chi connectivity index (χ0v) is 8.63. The Morgan fingerprint density at radius 3 is 1.58 bits per heavy atom. The van der Waals surface area contributed by atoms with Crippen molar-refractivity contribution in [1.82, 2.24) is 0 Å². The molecule has 74 valence electrons. The van der Waals surface area contributed by atoms with Gasteiger partial charge in [0.05, 0.1) is 4.48 Å². The van der Waals surface area contributed by atoms with E-state index in [0.29, 0.717) is 0 Å². The van der Waals surface area contributed by atoms with Crippen LogP contribution < -0.4 is 0 Å². The third kappa shape index (κ3) is 12.6. The Labute approximate surface area is 78.7 Å². The van der Waals surface area contributed by atoms with Gasteiger partial charge in [0, 0.05) is 13.2 Å². The van der Waals surface area contributed by atoms with E-state index in [9.17, 15) is 13.2 Å². The van der Waals surface area contributed by atoms with Gasteiger partial charge in [-0.15, -0.1) is 0 Å². The van der Waals surface area contributed by atoms with Gasteiger partial charge in [0.2, 0.25) is 0 Å². The molecule has 0 heterocycles. The molecule has 0 N–H and O–H groups in total. The third-order valence-electron chi connectivity index (χ3n) is 0.716. The van der Waals surface area contributed by atoms with Gasteiger partial charge in [-0.25, -0.2) is 0 Å². The van der Waals surface area contributed by atoms with Crippen LogP contribution >= 0.6 is 15.9 Å². The fourth-order valence-corrected chi connectivity index (χ4v) is 0.204. The summed E-state index contributed by atoms with van der Waals surface area (Å²) in [6, 6.07) is 0. The lowest BCUT2D eigenvalue weighted by Crippen LogP contribution is -2.04. The van der Waals surface area contributed by atoms with Crippen LogP contribution in [0.1, 0.15) is 13.8 Å². The summed E-state index contributed by atoms with van der Waals surface area (Å²) in [7, 11) is 0. The minimum atomic E-state index is -4.28. The highest BCUT2D eigenvalue weighted by Crippen LogP contribution is 2.27. The standard InChI is InChI=1S/C4H10O.C3H2BrF3/c1-3-5-4-2;1-2(4)3(5,6)7/h3-4H2,1-2H3;1H2. The van der Waals surface area contributed by atoms with E-state index in [1.54, 1.807) is 0 Å². The maximum absolute atomic E-state index is 11.0. The summed E-state index contributed by atoms with van der Waals surface area (Å²) in [6.07, 6.45) is -4.28. The van der Waals surface area contributed by atoms with Crippen molar-refractivity contribution in [2.24, 2.45) is 0 Å². The summed E-state index contributed by atoms with van der Waals surface area (Å²) in [4.78, 5) is 0. The van der Waals surface area contributed by atoms with Crippen LogP contribution in [0.25, 0.3) is 0 Å². The van der Waals surface area contributed by atoms with E-state index in [1.165, 1.54) is 0 Å². The minimum absolute atomic E-state index is 0.844. The third-order valence-corrected chi connectivity index (χ3v) is 1.17. The van der Waals surface area contributed by atoms with E-state index in [0.717, 1.165) is 13.2 Å². The van der Waals surface area contributed by atoms with Crippen molar-refractivity contribution < 1.29 is 17.9 Å². The molecule has 0 aliphatic carbocycles. The normalized spacial score (nSPS) is 10.2. The Hall–Kier alpha value is -0.0300. The van der Waals surface area contributed by atoms with E-state index >= 15 is 0 Å². The molecule has 0 radical (unpaired) electrons. The Bertz CT molecular complexity index is 120. The number of hydrogen-bond acceptors (Lipinski definition) is 1. The summed E-state index contributed by atoms with van der Waals surface area (Å²) >= 11 is 2.18. The number of allylic oxidation sites excluding steroid dienone is 1. The molecular formula is C7H12BrF3O. The average molecular weight is 249 g/mol. The second-order valence-corrected chi connectivity index (χ2v) is 2.64. The Morgan fingerprint density at radius 1 is 1.33 bits per heavy atom. The van der Waals surface area contributed by atoms with Crippen LogP contribution in [0.4, 0.5) is 13.2 Å². The molecule has 1 nitrogen and oxygen atoms in total. The molecule has 0 atom stereocenters. The van der Waals surface area contributed by atoms with Gasteiger partial charge in [0.1, 0.15) is 0 Å². The second-order valence-electron chi connectivity index (χ2n) is 1.68. The Balaban J connectivity index is 0. The molecule has 0 unspecified atom stereocenters. The Kier molecular flexibility index (Phi) is 9.19. The second kappa shape index (κ2) is 7.61. The van der Waals surface area contributed by atoms with Crippen molar-refractivity contribution in [3.05, 3.63) is 11.1 Å². The van der Waals surface area contributed by atoms with Crippen LogP contribution in [-0.2, 0) is 4.74 Å². The summed E-state index contributed by atoms with van der Waals surface area (Å²) < 4.78 is 37.0. The highest BCUT2D eigenvalue weighted by atomic mass is 79.9. The molecule has 0 amide bonds. The SMILES string of the molecule is C=C(Br)C(F)(F)F.CCOCC. The number of rotatable bonds is 2. The highest BCUT2D eigenvalue weighted by Gasteiger charge is 2.29. The molecule has 0 spiro atoms. The molecule has 12 heavy (non-hydrogen) atoms. The smallest absolute Gasteiger partial charge is 0.382 e. The molecule has 0 saturated heterocycles. The lowest BCUT2D eigenvalue weighted by molar-refractivity contribution is -0.0825. The number of ether oxygens (including phenoxy) is 1. The van der Waals surface area contributed by atoms with E-state index < -0.39 is 10.7 Å². The van der Waals surface area contributed by atoms with Crippen LogP contribution in [0.3, 0.4) is 0 Å². The molecule has 0 aliphatic rings. The molecule has 0 aliphatic heterocycles. The molecular weight excluding hydrogens is 237 g/mol. The molecule has 0 rings (SSSR count). The first-order valence-corrected chi connectivity index (χ1v) is 4.14. The van der Waals surface area contributed by atoms with E-state index in [-0.39, 0.29) is 0 Å². The quantitative estimate of drug-likeness (QED) is 0.727. The molecule has 0 aromatic rings. The molecule has 5 heteroatoms. The summed E-state index contributed by atoms with van der Waals surface area (Å²) in [5.74, 6) is 0. The first-order valence-electron chi connectivity index (χ1n) is 3.35. The number of alkyl halides is 3. The lowest BCUT2D eigenvalue weighted by Gasteiger charge is -1.99. The maximum Gasteiger partial charge on any atom is 0.422 e. The molecule has 0 bridgehead atoms. The largest absolute Gasteiger partial charge is 0.422 e. The molecule has 0 saturated carbocycles. The Morgan fingerprint density at radius 2 is 1.58 bits per heavy atom. The monoisotopic (exact) mass is 248 g/mol. The topological polar surface area (TPSA) is 9.23 Å². The summed E-state index contributed by atoms with van der Waals surface area (Å²) in [5, 5.41) is 0. The van der Waals surface area contributed by atoms with Crippen LogP contribution in [0.15, 0.2) is 11.1 Å². The van der Waals surface area contributed by atoms with Gasteiger partial charge in [0.25, 0.3) is 0 Å². The van der Waals surface area contributed by atoms with E-state index in [4.69, 9.17) is 4.74 Å². The van der Waals surface area contributed by atoms with Gasteiger partial charge in [-0.1, -0.05) is 6.58 Å². The van der Waals surface area contributed by atoms with Crippen molar-refractivity contribution >= 4 is 15.9 Å². The zero-order valence-electron chi connectivity index (χ0n) is 7.04. The van der Waals surface area contributed by atoms with Crippen LogP contribution in [0, 0.1) is 0 Å². The van der Waals surface area contributed by atoms with Crippen molar-refractivity contribution in [2.75, 3.05) is 13.2 Å². The van der Waals surface area contributed by atoms with Gasteiger partial charge >= 0.3 is 6.18 Å². The fourth-order valence-electron chi connectivity index (χ4n) is 0.204.